The Kier molecular flexibility index (Phi) is 6.76. The third kappa shape index (κ3) is 4.95. The van der Waals surface area contributed by atoms with E-state index in [1.54, 1.807) is 25.6 Å². The van der Waals surface area contributed by atoms with Gasteiger partial charge in [-0.1, -0.05) is 24.3 Å². The normalized spacial score (nSPS) is 10.6. The first-order chi connectivity index (χ1) is 13.6. The van der Waals surface area contributed by atoms with Crippen LogP contribution in [0.2, 0.25) is 0 Å². The van der Waals surface area contributed by atoms with Gasteiger partial charge in [0.1, 0.15) is 17.3 Å². The highest BCUT2D eigenvalue weighted by atomic mass is 32.1. The number of hydrogen-bond donors (Lipinski definition) is 0. The van der Waals surface area contributed by atoms with Gasteiger partial charge >= 0.3 is 0 Å². The number of methoxy groups -OCH3 is 2. The highest BCUT2D eigenvalue weighted by Crippen LogP contribution is 2.29. The van der Waals surface area contributed by atoms with Gasteiger partial charge < -0.3 is 19.3 Å². The molecule has 5 nitrogen and oxygen atoms in total. The lowest BCUT2D eigenvalue weighted by molar-refractivity contribution is 0.414. The van der Waals surface area contributed by atoms with E-state index in [0.29, 0.717) is 0 Å². The van der Waals surface area contributed by atoms with Crippen LogP contribution < -0.4 is 19.3 Å². The molecule has 0 aliphatic rings. The maximum atomic E-state index is 5.39. The molecule has 0 amide bonds. The molecule has 0 spiro atoms. The Labute approximate surface area is 171 Å². The molecule has 3 aromatic rings. The molecule has 0 unspecified atom stereocenters. The summed E-state index contributed by atoms with van der Waals surface area (Å²) in [5, 5.41) is 3.11. The quantitative estimate of drug-likeness (QED) is 0.517. The van der Waals surface area contributed by atoms with Gasteiger partial charge in [-0.15, -0.1) is 11.3 Å². The van der Waals surface area contributed by atoms with Crippen LogP contribution in [0.15, 0.2) is 53.9 Å². The smallest absolute Gasteiger partial charge is 0.187 e. The van der Waals surface area contributed by atoms with Crippen LogP contribution in [0.5, 0.6) is 11.5 Å². The van der Waals surface area contributed by atoms with Gasteiger partial charge in [-0.05, 0) is 42.3 Å². The van der Waals surface area contributed by atoms with Crippen molar-refractivity contribution in [2.75, 3.05) is 37.6 Å². The highest BCUT2D eigenvalue weighted by Gasteiger charge is 2.15. The fourth-order valence-corrected chi connectivity index (χ4v) is 3.78. The van der Waals surface area contributed by atoms with E-state index in [2.05, 4.69) is 53.4 Å². The molecular formula is C22H27N3O2S. The van der Waals surface area contributed by atoms with Gasteiger partial charge in [-0.3, -0.25) is 0 Å². The standard InChI is InChI=1S/C22H27N3O2S/c1-5-24(2)21-16-28-22(23-21)25(14-17-8-6-10-19(12-17)26-3)15-18-9-7-11-20(13-18)27-4/h6-13,16H,5,14-15H2,1-4H3. The Morgan fingerprint density at radius 2 is 1.50 bits per heavy atom. The number of hydrogen-bond acceptors (Lipinski definition) is 6. The van der Waals surface area contributed by atoms with E-state index in [0.717, 1.165) is 42.1 Å². The van der Waals surface area contributed by atoms with Crippen molar-refractivity contribution >= 4 is 22.3 Å². The molecule has 0 saturated heterocycles. The molecular weight excluding hydrogens is 370 g/mol. The summed E-state index contributed by atoms with van der Waals surface area (Å²) >= 11 is 1.67. The predicted octanol–water partition coefficient (Wildman–Crippen LogP) is 4.82. The molecule has 0 saturated carbocycles. The van der Waals surface area contributed by atoms with Crippen LogP contribution in [0.3, 0.4) is 0 Å². The van der Waals surface area contributed by atoms with E-state index < -0.39 is 0 Å². The Bertz CT molecular complexity index is 847. The summed E-state index contributed by atoms with van der Waals surface area (Å²) < 4.78 is 10.8. The number of thiazole rings is 1. The fourth-order valence-electron chi connectivity index (χ4n) is 2.91. The molecule has 0 radical (unpaired) electrons. The summed E-state index contributed by atoms with van der Waals surface area (Å²) in [5.41, 5.74) is 2.37. The Hall–Kier alpha value is -2.73. The van der Waals surface area contributed by atoms with Gasteiger partial charge in [0.15, 0.2) is 5.13 Å². The maximum absolute atomic E-state index is 5.39. The summed E-state index contributed by atoms with van der Waals surface area (Å²) in [7, 11) is 5.45. The summed E-state index contributed by atoms with van der Waals surface area (Å²) in [6, 6.07) is 16.4. The largest absolute Gasteiger partial charge is 0.497 e. The van der Waals surface area contributed by atoms with Crippen molar-refractivity contribution in [3.05, 3.63) is 65.0 Å². The molecule has 6 heteroatoms. The minimum Gasteiger partial charge on any atom is -0.497 e. The molecule has 0 fully saturated rings. The average molecular weight is 398 g/mol. The molecule has 3 rings (SSSR count). The van der Waals surface area contributed by atoms with Crippen LogP contribution in [-0.2, 0) is 13.1 Å². The van der Waals surface area contributed by atoms with Gasteiger partial charge in [-0.25, -0.2) is 4.98 Å². The summed E-state index contributed by atoms with van der Waals surface area (Å²) in [4.78, 5) is 9.31. The third-order valence-corrected chi connectivity index (χ3v) is 5.52. The van der Waals surface area contributed by atoms with Crippen molar-refractivity contribution in [3.8, 4) is 11.5 Å². The molecule has 1 aromatic heterocycles. The fraction of sp³-hybridized carbons (Fsp3) is 0.318. The number of ether oxygens (including phenoxy) is 2. The maximum Gasteiger partial charge on any atom is 0.187 e. The minimum atomic E-state index is 0.747. The van der Waals surface area contributed by atoms with Crippen molar-refractivity contribution < 1.29 is 9.47 Å². The van der Waals surface area contributed by atoms with Crippen molar-refractivity contribution in [2.45, 2.75) is 20.0 Å². The molecule has 148 valence electrons. The first kappa shape index (κ1) is 20.0. The number of benzene rings is 2. The summed E-state index contributed by atoms with van der Waals surface area (Å²) in [5.74, 6) is 2.73. The second-order valence-corrected chi connectivity index (χ2v) is 7.40. The Morgan fingerprint density at radius 1 is 0.929 bits per heavy atom. The van der Waals surface area contributed by atoms with E-state index in [1.165, 1.54) is 11.1 Å². The van der Waals surface area contributed by atoms with E-state index >= 15 is 0 Å². The number of rotatable bonds is 9. The molecule has 0 N–H and O–H groups in total. The average Bonchev–Trinajstić information content (AvgIpc) is 3.23. The zero-order chi connectivity index (χ0) is 19.9. The van der Waals surface area contributed by atoms with E-state index in [9.17, 15) is 0 Å². The van der Waals surface area contributed by atoms with Crippen LogP contribution >= 0.6 is 11.3 Å². The monoisotopic (exact) mass is 397 g/mol. The molecule has 0 atom stereocenters. The third-order valence-electron chi connectivity index (χ3n) is 4.63. The van der Waals surface area contributed by atoms with Gasteiger partial charge in [0.25, 0.3) is 0 Å². The predicted molar refractivity (Wildman–Crippen MR) is 117 cm³/mol. The topological polar surface area (TPSA) is 37.8 Å². The lowest BCUT2D eigenvalue weighted by Gasteiger charge is -2.23. The van der Waals surface area contributed by atoms with E-state index in [-0.39, 0.29) is 0 Å². The highest BCUT2D eigenvalue weighted by molar-refractivity contribution is 7.14. The Morgan fingerprint density at radius 3 is 2.00 bits per heavy atom. The van der Waals surface area contributed by atoms with Gasteiger partial charge in [-0.2, -0.15) is 0 Å². The zero-order valence-corrected chi connectivity index (χ0v) is 17.7. The lowest BCUT2D eigenvalue weighted by Crippen LogP contribution is -2.22. The summed E-state index contributed by atoms with van der Waals surface area (Å²) in [6.45, 7) is 4.55. The first-order valence-electron chi connectivity index (χ1n) is 9.30. The molecule has 2 aromatic carbocycles. The van der Waals surface area contributed by atoms with Crippen molar-refractivity contribution in [1.82, 2.24) is 4.98 Å². The van der Waals surface area contributed by atoms with Crippen LogP contribution in [0.25, 0.3) is 0 Å². The SMILES string of the molecule is CCN(C)c1csc(N(Cc2cccc(OC)c2)Cc2cccc(OC)c2)n1. The molecule has 0 aliphatic carbocycles. The van der Waals surface area contributed by atoms with Gasteiger partial charge in [0, 0.05) is 32.1 Å². The summed E-state index contributed by atoms with van der Waals surface area (Å²) in [6.07, 6.45) is 0. The second kappa shape index (κ2) is 9.46. The molecule has 0 aliphatic heterocycles. The number of anilines is 2. The lowest BCUT2D eigenvalue weighted by atomic mass is 10.1. The van der Waals surface area contributed by atoms with Crippen LogP contribution in [0.1, 0.15) is 18.1 Å². The minimum absolute atomic E-state index is 0.747. The van der Waals surface area contributed by atoms with Crippen molar-refractivity contribution in [3.63, 3.8) is 0 Å². The Balaban J connectivity index is 1.89. The van der Waals surface area contributed by atoms with E-state index in [1.807, 2.05) is 24.3 Å². The van der Waals surface area contributed by atoms with Crippen molar-refractivity contribution in [1.29, 1.82) is 0 Å². The molecule has 1 heterocycles. The van der Waals surface area contributed by atoms with Gasteiger partial charge in [0.2, 0.25) is 0 Å². The van der Waals surface area contributed by atoms with Crippen molar-refractivity contribution in [2.24, 2.45) is 0 Å². The van der Waals surface area contributed by atoms with Crippen LogP contribution in [0.4, 0.5) is 10.9 Å². The van der Waals surface area contributed by atoms with Gasteiger partial charge in [0.05, 0.1) is 14.2 Å². The van der Waals surface area contributed by atoms with E-state index in [4.69, 9.17) is 14.5 Å². The van der Waals surface area contributed by atoms with Crippen LogP contribution in [0, 0.1) is 0 Å². The second-order valence-electron chi connectivity index (χ2n) is 6.56. The first-order valence-corrected chi connectivity index (χ1v) is 10.2. The number of nitrogens with zero attached hydrogens (tertiary/aromatic N) is 3. The molecule has 28 heavy (non-hydrogen) atoms. The molecule has 0 bridgehead atoms. The van der Waals surface area contributed by atoms with Crippen LogP contribution in [-0.4, -0.2) is 32.8 Å². The number of aromatic nitrogens is 1. The zero-order valence-electron chi connectivity index (χ0n) is 16.9.